The summed E-state index contributed by atoms with van der Waals surface area (Å²) in [5, 5.41) is 3.89. The largest absolute Gasteiger partial charge is 0.493 e. The summed E-state index contributed by atoms with van der Waals surface area (Å²) < 4.78 is 10.6. The quantitative estimate of drug-likeness (QED) is 0.856. The molecular weight excluding hydrogens is 250 g/mol. The van der Waals surface area contributed by atoms with Gasteiger partial charge < -0.3 is 14.8 Å². The van der Waals surface area contributed by atoms with E-state index in [0.717, 1.165) is 12.0 Å². The maximum Gasteiger partial charge on any atom is 0.179 e. The van der Waals surface area contributed by atoms with Gasteiger partial charge in [-0.15, -0.1) is 0 Å². The molecule has 0 aliphatic heterocycles. The summed E-state index contributed by atoms with van der Waals surface area (Å²) in [5.74, 6) is 1.86. The third-order valence-corrected chi connectivity index (χ3v) is 3.19. The molecule has 1 aromatic carbocycles. The summed E-state index contributed by atoms with van der Waals surface area (Å²) in [6.07, 6.45) is 1.04. The fourth-order valence-corrected chi connectivity index (χ4v) is 2.33. The van der Waals surface area contributed by atoms with Crippen LogP contribution in [0.25, 0.3) is 0 Å². The van der Waals surface area contributed by atoms with Crippen molar-refractivity contribution in [1.82, 2.24) is 5.32 Å². The molecule has 0 saturated carbocycles. The topological polar surface area (TPSA) is 30.5 Å². The second kappa shape index (κ2) is 6.86. The molecule has 4 heteroatoms. The van der Waals surface area contributed by atoms with Crippen LogP contribution in [0.5, 0.6) is 11.5 Å². The molecule has 1 atom stereocenters. The van der Waals surface area contributed by atoms with Gasteiger partial charge in [-0.1, -0.05) is 25.4 Å². The van der Waals surface area contributed by atoms with E-state index >= 15 is 0 Å². The average Bonchev–Trinajstić information content (AvgIpc) is 2.34. The molecule has 0 aromatic heterocycles. The molecule has 0 saturated heterocycles. The Labute approximate surface area is 114 Å². The predicted molar refractivity (Wildman–Crippen MR) is 75.8 cm³/mol. The Morgan fingerprint density at radius 1 is 1.22 bits per heavy atom. The van der Waals surface area contributed by atoms with Crippen molar-refractivity contribution < 1.29 is 9.47 Å². The molecule has 18 heavy (non-hydrogen) atoms. The summed E-state index contributed by atoms with van der Waals surface area (Å²) >= 11 is 6.22. The van der Waals surface area contributed by atoms with Gasteiger partial charge in [-0.25, -0.2) is 0 Å². The molecule has 0 aliphatic rings. The number of nitrogens with one attached hydrogen (secondary N) is 1. The third kappa shape index (κ3) is 3.53. The van der Waals surface area contributed by atoms with Crippen molar-refractivity contribution in [2.24, 2.45) is 5.92 Å². The highest BCUT2D eigenvalue weighted by Gasteiger charge is 2.17. The first-order valence-electron chi connectivity index (χ1n) is 6.12. The van der Waals surface area contributed by atoms with E-state index in [1.165, 1.54) is 0 Å². The minimum atomic E-state index is 0.266. The van der Waals surface area contributed by atoms with Gasteiger partial charge in [0.05, 0.1) is 19.2 Å². The minimum Gasteiger partial charge on any atom is -0.493 e. The van der Waals surface area contributed by atoms with Crippen molar-refractivity contribution in [1.29, 1.82) is 0 Å². The SMILES string of the molecule is CNC(CC(C)C)c1cc(Cl)c(OC)c(OC)c1. The van der Waals surface area contributed by atoms with E-state index in [9.17, 15) is 0 Å². The molecule has 1 unspecified atom stereocenters. The minimum absolute atomic E-state index is 0.266. The maximum absolute atomic E-state index is 6.22. The normalized spacial score (nSPS) is 12.6. The zero-order chi connectivity index (χ0) is 13.7. The van der Waals surface area contributed by atoms with Gasteiger partial charge in [0, 0.05) is 6.04 Å². The highest BCUT2D eigenvalue weighted by molar-refractivity contribution is 6.32. The van der Waals surface area contributed by atoms with Crippen molar-refractivity contribution in [2.75, 3.05) is 21.3 Å². The number of halogens is 1. The summed E-state index contributed by atoms with van der Waals surface area (Å²) in [6.45, 7) is 4.40. The van der Waals surface area contributed by atoms with Crippen LogP contribution in [0.15, 0.2) is 12.1 Å². The first-order chi connectivity index (χ1) is 8.53. The van der Waals surface area contributed by atoms with Crippen LogP contribution in [-0.2, 0) is 0 Å². The van der Waals surface area contributed by atoms with Gasteiger partial charge in [0.15, 0.2) is 11.5 Å². The lowest BCUT2D eigenvalue weighted by Gasteiger charge is -2.21. The van der Waals surface area contributed by atoms with E-state index in [4.69, 9.17) is 21.1 Å². The van der Waals surface area contributed by atoms with Crippen molar-refractivity contribution in [3.8, 4) is 11.5 Å². The molecule has 0 spiro atoms. The molecule has 1 N–H and O–H groups in total. The van der Waals surface area contributed by atoms with E-state index < -0.39 is 0 Å². The van der Waals surface area contributed by atoms with Crippen LogP contribution in [0.4, 0.5) is 0 Å². The highest BCUT2D eigenvalue weighted by Crippen LogP contribution is 2.38. The van der Waals surface area contributed by atoms with E-state index in [-0.39, 0.29) is 6.04 Å². The highest BCUT2D eigenvalue weighted by atomic mass is 35.5. The average molecular weight is 272 g/mol. The van der Waals surface area contributed by atoms with E-state index in [1.807, 2.05) is 19.2 Å². The first-order valence-corrected chi connectivity index (χ1v) is 6.49. The van der Waals surface area contributed by atoms with Crippen molar-refractivity contribution in [2.45, 2.75) is 26.3 Å². The van der Waals surface area contributed by atoms with Crippen LogP contribution in [0.1, 0.15) is 31.9 Å². The lowest BCUT2D eigenvalue weighted by atomic mass is 9.97. The standard InChI is InChI=1S/C14H22ClNO2/c1-9(2)6-12(16-3)10-7-11(15)14(18-5)13(8-10)17-4/h7-9,12,16H,6H2,1-5H3. The Balaban J connectivity index is 3.12. The molecule has 0 bridgehead atoms. The number of methoxy groups -OCH3 is 2. The second-order valence-electron chi connectivity index (χ2n) is 4.71. The third-order valence-electron chi connectivity index (χ3n) is 2.91. The van der Waals surface area contributed by atoms with Gasteiger partial charge in [0.1, 0.15) is 0 Å². The molecular formula is C14H22ClNO2. The Hall–Kier alpha value is -0.930. The van der Waals surface area contributed by atoms with Crippen molar-refractivity contribution in [3.05, 3.63) is 22.7 Å². The van der Waals surface area contributed by atoms with Crippen LogP contribution < -0.4 is 14.8 Å². The summed E-state index contributed by atoms with van der Waals surface area (Å²) in [6, 6.07) is 4.18. The van der Waals surface area contributed by atoms with Gasteiger partial charge in [-0.3, -0.25) is 0 Å². The monoisotopic (exact) mass is 271 g/mol. The van der Waals surface area contributed by atoms with Crippen LogP contribution in [0.2, 0.25) is 5.02 Å². The predicted octanol–water partition coefficient (Wildman–Crippen LogP) is 3.66. The van der Waals surface area contributed by atoms with Gasteiger partial charge in [0.2, 0.25) is 0 Å². The molecule has 102 valence electrons. The van der Waals surface area contributed by atoms with E-state index in [1.54, 1.807) is 14.2 Å². The lowest BCUT2D eigenvalue weighted by molar-refractivity contribution is 0.353. The van der Waals surface area contributed by atoms with Crippen molar-refractivity contribution in [3.63, 3.8) is 0 Å². The van der Waals surface area contributed by atoms with Crippen LogP contribution >= 0.6 is 11.6 Å². The zero-order valence-electron chi connectivity index (χ0n) is 11.7. The molecule has 0 radical (unpaired) electrons. The van der Waals surface area contributed by atoms with Crippen LogP contribution in [0.3, 0.4) is 0 Å². The van der Waals surface area contributed by atoms with E-state index in [2.05, 4.69) is 19.2 Å². The summed E-state index contributed by atoms with van der Waals surface area (Å²) in [4.78, 5) is 0. The Morgan fingerprint density at radius 2 is 1.89 bits per heavy atom. The zero-order valence-corrected chi connectivity index (χ0v) is 12.5. The fourth-order valence-electron chi connectivity index (χ4n) is 2.03. The van der Waals surface area contributed by atoms with Gasteiger partial charge in [-0.05, 0) is 37.1 Å². The number of benzene rings is 1. The molecule has 3 nitrogen and oxygen atoms in total. The summed E-state index contributed by atoms with van der Waals surface area (Å²) in [7, 11) is 5.17. The Morgan fingerprint density at radius 3 is 2.33 bits per heavy atom. The van der Waals surface area contributed by atoms with Crippen molar-refractivity contribution >= 4 is 11.6 Å². The maximum atomic E-state index is 6.22. The number of ether oxygens (including phenoxy) is 2. The molecule has 0 heterocycles. The molecule has 0 amide bonds. The molecule has 1 aromatic rings. The number of hydrogen-bond acceptors (Lipinski definition) is 3. The fraction of sp³-hybridized carbons (Fsp3) is 0.571. The number of hydrogen-bond donors (Lipinski definition) is 1. The first kappa shape index (κ1) is 15.1. The van der Waals surface area contributed by atoms with Gasteiger partial charge >= 0.3 is 0 Å². The smallest absolute Gasteiger partial charge is 0.179 e. The Bertz CT molecular complexity index is 394. The lowest BCUT2D eigenvalue weighted by Crippen LogP contribution is -2.18. The summed E-state index contributed by atoms with van der Waals surface area (Å²) in [5.41, 5.74) is 1.12. The Kier molecular flexibility index (Phi) is 5.76. The van der Waals surface area contributed by atoms with E-state index in [0.29, 0.717) is 22.4 Å². The number of rotatable bonds is 6. The second-order valence-corrected chi connectivity index (χ2v) is 5.12. The van der Waals surface area contributed by atoms with Gasteiger partial charge in [-0.2, -0.15) is 0 Å². The molecule has 0 fully saturated rings. The van der Waals surface area contributed by atoms with Gasteiger partial charge in [0.25, 0.3) is 0 Å². The molecule has 1 rings (SSSR count). The molecule has 0 aliphatic carbocycles. The van der Waals surface area contributed by atoms with Crippen LogP contribution in [0, 0.1) is 5.92 Å². The van der Waals surface area contributed by atoms with Crippen LogP contribution in [-0.4, -0.2) is 21.3 Å².